The van der Waals surface area contributed by atoms with Crippen molar-refractivity contribution in [2.45, 2.75) is 25.4 Å². The number of carbonyl (C=O) groups excluding carboxylic acids is 1. The maximum Gasteiger partial charge on any atom is 0.423 e. The monoisotopic (exact) mass is 340 g/mol. The second-order valence-corrected chi connectivity index (χ2v) is 6.93. The lowest BCUT2D eigenvalue weighted by atomic mass is 9.81. The van der Waals surface area contributed by atoms with Crippen molar-refractivity contribution < 1.29 is 22.9 Å². The molecule has 24 heavy (non-hydrogen) atoms. The van der Waals surface area contributed by atoms with E-state index in [9.17, 15) is 28.1 Å². The zero-order valence-corrected chi connectivity index (χ0v) is 12.6. The van der Waals surface area contributed by atoms with Crippen LogP contribution in [0.4, 0.5) is 24.5 Å². The number of nitro benzene ring substituents is 1. The highest BCUT2D eigenvalue weighted by molar-refractivity contribution is 5.98. The molecule has 0 aromatic heterocycles. The second-order valence-electron chi connectivity index (χ2n) is 6.93. The predicted octanol–water partition coefficient (Wildman–Crippen LogP) is 3.62. The summed E-state index contributed by atoms with van der Waals surface area (Å²) < 4.78 is 39.4. The van der Waals surface area contributed by atoms with Crippen LogP contribution < -0.4 is 4.90 Å². The predicted molar refractivity (Wildman–Crippen MR) is 78.3 cm³/mol. The van der Waals surface area contributed by atoms with Crippen molar-refractivity contribution in [2.75, 3.05) is 11.4 Å². The number of hydrogen-bond donors (Lipinski definition) is 0. The summed E-state index contributed by atoms with van der Waals surface area (Å²) >= 11 is 0. The van der Waals surface area contributed by atoms with Crippen LogP contribution in [-0.2, 0) is 11.0 Å². The standard InChI is InChI=1S/C16H15F3N2O3/c17-16(18,19)12-6-10(3-4-13(12)21(23)24)20-7-11-8-1-2-9(5-8)14(11)15(20)22/h3-4,6,8-9,11,14H,1-2,5,7H2/t8-,9+,11-,14+/m1/s1. The van der Waals surface area contributed by atoms with Crippen LogP contribution in [0, 0.1) is 33.8 Å². The van der Waals surface area contributed by atoms with Crippen LogP contribution in [-0.4, -0.2) is 17.4 Å². The number of hydrogen-bond acceptors (Lipinski definition) is 3. The first-order chi connectivity index (χ1) is 11.3. The molecule has 0 spiro atoms. The Hall–Kier alpha value is -2.12. The molecule has 1 amide bonds. The van der Waals surface area contributed by atoms with Crippen molar-refractivity contribution >= 4 is 17.3 Å². The molecule has 4 rings (SSSR count). The van der Waals surface area contributed by atoms with E-state index in [1.54, 1.807) is 0 Å². The number of amides is 1. The Bertz CT molecular complexity index is 734. The van der Waals surface area contributed by atoms with Crippen LogP contribution in [0.15, 0.2) is 18.2 Å². The van der Waals surface area contributed by atoms with Gasteiger partial charge in [0.2, 0.25) is 5.91 Å². The van der Waals surface area contributed by atoms with Gasteiger partial charge in [-0.1, -0.05) is 0 Å². The molecule has 1 saturated heterocycles. The third kappa shape index (κ3) is 2.12. The minimum Gasteiger partial charge on any atom is -0.312 e. The molecule has 2 aliphatic carbocycles. The number of benzene rings is 1. The Morgan fingerprint density at radius 2 is 1.92 bits per heavy atom. The summed E-state index contributed by atoms with van der Waals surface area (Å²) in [6, 6.07) is 2.82. The fourth-order valence-corrected chi connectivity index (χ4v) is 4.85. The molecule has 1 heterocycles. The molecule has 2 saturated carbocycles. The number of fused-ring (bicyclic) bond motifs is 5. The summed E-state index contributed by atoms with van der Waals surface area (Å²) in [4.78, 5) is 23.9. The van der Waals surface area contributed by atoms with Gasteiger partial charge < -0.3 is 4.90 Å². The minimum atomic E-state index is -4.84. The van der Waals surface area contributed by atoms with Crippen LogP contribution in [0.5, 0.6) is 0 Å². The lowest BCUT2D eigenvalue weighted by Crippen LogP contribution is -2.29. The average molecular weight is 340 g/mol. The Balaban J connectivity index is 1.70. The summed E-state index contributed by atoms with van der Waals surface area (Å²) in [5.41, 5.74) is -2.19. The smallest absolute Gasteiger partial charge is 0.312 e. The molecule has 3 fully saturated rings. The molecule has 3 aliphatic rings. The van der Waals surface area contributed by atoms with Gasteiger partial charge in [0.1, 0.15) is 5.56 Å². The summed E-state index contributed by atoms with van der Waals surface area (Å²) in [6.45, 7) is 0.416. The Morgan fingerprint density at radius 1 is 1.21 bits per heavy atom. The van der Waals surface area contributed by atoms with Gasteiger partial charge >= 0.3 is 6.18 Å². The molecule has 1 aliphatic heterocycles. The molecule has 128 valence electrons. The van der Waals surface area contributed by atoms with Gasteiger partial charge in [0, 0.05) is 24.2 Å². The molecule has 0 radical (unpaired) electrons. The first-order valence-corrected chi connectivity index (χ1v) is 7.94. The van der Waals surface area contributed by atoms with Gasteiger partial charge in [-0.25, -0.2) is 0 Å². The van der Waals surface area contributed by atoms with E-state index in [1.165, 1.54) is 11.0 Å². The first kappa shape index (κ1) is 15.4. The van der Waals surface area contributed by atoms with Crippen LogP contribution >= 0.6 is 0 Å². The van der Waals surface area contributed by atoms with Crippen molar-refractivity contribution in [3.05, 3.63) is 33.9 Å². The fourth-order valence-electron chi connectivity index (χ4n) is 4.85. The molecule has 0 unspecified atom stereocenters. The molecule has 2 bridgehead atoms. The van der Waals surface area contributed by atoms with E-state index in [1.807, 2.05) is 0 Å². The summed E-state index contributed by atoms with van der Waals surface area (Å²) in [7, 11) is 0. The SMILES string of the molecule is O=C1[C@H]2[C@H]3CC[C@H](C3)[C@H]2CN1c1ccc([N+](=O)[O-])c(C(F)(F)F)c1. The Kier molecular flexibility index (Phi) is 3.17. The van der Waals surface area contributed by atoms with E-state index in [-0.39, 0.29) is 23.4 Å². The molecular weight excluding hydrogens is 325 g/mol. The van der Waals surface area contributed by atoms with Gasteiger partial charge in [0.05, 0.1) is 4.92 Å². The maximum atomic E-state index is 13.1. The third-order valence-electron chi connectivity index (χ3n) is 5.83. The number of rotatable bonds is 2. The zero-order valence-electron chi connectivity index (χ0n) is 12.6. The van der Waals surface area contributed by atoms with E-state index in [2.05, 4.69) is 0 Å². The molecule has 1 aromatic rings. The molecule has 4 atom stereocenters. The van der Waals surface area contributed by atoms with E-state index >= 15 is 0 Å². The molecule has 8 heteroatoms. The first-order valence-electron chi connectivity index (χ1n) is 7.94. The van der Waals surface area contributed by atoms with Crippen LogP contribution in [0.1, 0.15) is 24.8 Å². The Morgan fingerprint density at radius 3 is 2.54 bits per heavy atom. The quantitative estimate of drug-likeness (QED) is 0.610. The van der Waals surface area contributed by atoms with Gasteiger partial charge in [0.15, 0.2) is 0 Å². The number of nitrogens with zero attached hydrogens (tertiary/aromatic N) is 2. The normalized spacial score (nSPS) is 31.6. The van der Waals surface area contributed by atoms with Crippen molar-refractivity contribution in [3.63, 3.8) is 0 Å². The number of carbonyl (C=O) groups is 1. The highest BCUT2D eigenvalue weighted by Gasteiger charge is 2.56. The maximum absolute atomic E-state index is 13.1. The van der Waals surface area contributed by atoms with E-state index in [0.29, 0.717) is 18.4 Å². The van der Waals surface area contributed by atoms with Crippen LogP contribution in [0.3, 0.4) is 0 Å². The molecule has 5 nitrogen and oxygen atoms in total. The summed E-state index contributed by atoms with van der Waals surface area (Å²) in [5, 5.41) is 10.8. The van der Waals surface area contributed by atoms with Gasteiger partial charge in [-0.15, -0.1) is 0 Å². The number of halogens is 3. The summed E-state index contributed by atoms with van der Waals surface area (Å²) in [6.07, 6.45) is -1.69. The van der Waals surface area contributed by atoms with E-state index in [4.69, 9.17) is 0 Å². The molecular formula is C16H15F3N2O3. The highest BCUT2D eigenvalue weighted by Crippen LogP contribution is 2.56. The van der Waals surface area contributed by atoms with Crippen molar-refractivity contribution in [2.24, 2.45) is 23.7 Å². The fraction of sp³-hybridized carbons (Fsp3) is 0.562. The lowest BCUT2D eigenvalue weighted by Gasteiger charge is -2.20. The van der Waals surface area contributed by atoms with E-state index in [0.717, 1.165) is 31.4 Å². The van der Waals surface area contributed by atoms with E-state index < -0.39 is 22.4 Å². The minimum absolute atomic E-state index is 0.0896. The van der Waals surface area contributed by atoms with Gasteiger partial charge in [-0.3, -0.25) is 14.9 Å². The van der Waals surface area contributed by atoms with Gasteiger partial charge in [-0.05, 0) is 49.1 Å². The third-order valence-corrected chi connectivity index (χ3v) is 5.83. The second kappa shape index (κ2) is 4.94. The highest BCUT2D eigenvalue weighted by atomic mass is 19.4. The van der Waals surface area contributed by atoms with Gasteiger partial charge in [0.25, 0.3) is 5.69 Å². The number of nitro groups is 1. The van der Waals surface area contributed by atoms with Gasteiger partial charge in [-0.2, -0.15) is 13.2 Å². The number of anilines is 1. The lowest BCUT2D eigenvalue weighted by molar-refractivity contribution is -0.388. The number of alkyl halides is 3. The average Bonchev–Trinajstić information content (AvgIpc) is 3.19. The molecule has 1 aromatic carbocycles. The van der Waals surface area contributed by atoms with Crippen LogP contribution in [0.25, 0.3) is 0 Å². The largest absolute Gasteiger partial charge is 0.423 e. The topological polar surface area (TPSA) is 63.5 Å². The molecule has 0 N–H and O–H groups in total. The van der Waals surface area contributed by atoms with Crippen molar-refractivity contribution in [3.8, 4) is 0 Å². The van der Waals surface area contributed by atoms with Crippen molar-refractivity contribution in [1.82, 2.24) is 0 Å². The van der Waals surface area contributed by atoms with Crippen LogP contribution in [0.2, 0.25) is 0 Å². The summed E-state index contributed by atoms with van der Waals surface area (Å²) in [5.74, 6) is 0.815. The Labute approximate surface area is 135 Å². The zero-order chi connectivity index (χ0) is 17.2. The van der Waals surface area contributed by atoms with Crippen molar-refractivity contribution in [1.29, 1.82) is 0 Å².